The third-order valence-corrected chi connectivity index (χ3v) is 5.08. The summed E-state index contributed by atoms with van der Waals surface area (Å²) in [7, 11) is -1.71. The molecule has 1 atom stereocenters. The first-order valence-electron chi connectivity index (χ1n) is 7.69. The molecule has 0 aliphatic carbocycles. The first kappa shape index (κ1) is 19.4. The molecule has 0 bridgehead atoms. The summed E-state index contributed by atoms with van der Waals surface area (Å²) in [5.41, 5.74) is 7.02. The summed E-state index contributed by atoms with van der Waals surface area (Å²) in [5.74, 6) is -0.357. The quantitative estimate of drug-likeness (QED) is 0.489. The summed E-state index contributed by atoms with van der Waals surface area (Å²) in [6.07, 6.45) is 1.75. The lowest BCUT2D eigenvalue weighted by Crippen LogP contribution is -2.49. The fraction of sp³-hybridized carbons (Fsp3) is 0.467. The Kier molecular flexibility index (Phi) is 6.20. The van der Waals surface area contributed by atoms with E-state index < -0.39 is 10.0 Å². The van der Waals surface area contributed by atoms with Gasteiger partial charge in [-0.3, -0.25) is 20.0 Å². The Labute approximate surface area is 152 Å². The first-order chi connectivity index (χ1) is 11.7. The van der Waals surface area contributed by atoms with Gasteiger partial charge in [-0.25, -0.2) is 8.42 Å². The van der Waals surface area contributed by atoms with E-state index in [1.807, 2.05) is 6.92 Å². The predicted molar refractivity (Wildman–Crippen MR) is 100 cm³/mol. The molecule has 1 aliphatic rings. The molecule has 8 nitrogen and oxygen atoms in total. The Morgan fingerprint density at radius 3 is 2.76 bits per heavy atom. The fourth-order valence-electron chi connectivity index (χ4n) is 2.59. The third-order valence-electron chi connectivity index (χ3n) is 3.68. The smallest absolute Gasteiger partial charge is 0.269 e. The predicted octanol–water partition coefficient (Wildman–Crippen LogP) is 0.153. The van der Waals surface area contributed by atoms with Crippen LogP contribution < -0.4 is 20.5 Å². The lowest BCUT2D eigenvalue weighted by Gasteiger charge is -2.17. The van der Waals surface area contributed by atoms with Gasteiger partial charge in [-0.05, 0) is 49.3 Å². The van der Waals surface area contributed by atoms with E-state index in [-0.39, 0.29) is 17.1 Å². The van der Waals surface area contributed by atoms with Crippen LogP contribution in [0.1, 0.15) is 22.8 Å². The molecule has 1 heterocycles. The van der Waals surface area contributed by atoms with Crippen molar-refractivity contribution in [3.05, 3.63) is 29.3 Å². The van der Waals surface area contributed by atoms with E-state index in [2.05, 4.69) is 16.2 Å². The number of hydrogen-bond acceptors (Lipinski definition) is 5. The van der Waals surface area contributed by atoms with Crippen LogP contribution in [0.15, 0.2) is 18.2 Å². The maximum Gasteiger partial charge on any atom is 0.269 e. The van der Waals surface area contributed by atoms with Gasteiger partial charge < -0.3 is 10.1 Å². The molecule has 1 amide bonds. The Hall–Kier alpha value is -1.91. The Morgan fingerprint density at radius 1 is 1.40 bits per heavy atom. The molecule has 1 aliphatic heterocycles. The second-order valence-corrected chi connectivity index (χ2v) is 8.15. The molecule has 0 unspecified atom stereocenters. The summed E-state index contributed by atoms with van der Waals surface area (Å²) in [5, 5.41) is 3.24. The van der Waals surface area contributed by atoms with E-state index in [0.717, 1.165) is 5.56 Å². The van der Waals surface area contributed by atoms with E-state index in [4.69, 9.17) is 17.0 Å². The molecule has 10 heteroatoms. The van der Waals surface area contributed by atoms with Crippen molar-refractivity contribution in [3.63, 3.8) is 0 Å². The van der Waals surface area contributed by atoms with Crippen molar-refractivity contribution in [2.75, 3.05) is 30.8 Å². The Bertz CT molecular complexity index is 767. The van der Waals surface area contributed by atoms with Gasteiger partial charge in [0, 0.05) is 25.3 Å². The zero-order valence-electron chi connectivity index (χ0n) is 14.3. The molecule has 1 aromatic carbocycles. The van der Waals surface area contributed by atoms with Crippen LogP contribution in [0, 0.1) is 0 Å². The minimum atomic E-state index is -3.30. The molecule has 1 aromatic rings. The van der Waals surface area contributed by atoms with Crippen molar-refractivity contribution in [1.82, 2.24) is 16.2 Å². The number of methoxy groups -OCH3 is 1. The second-order valence-electron chi connectivity index (χ2n) is 5.84. The standard InChI is InChI=1S/C15H22N4O4S2/c1-10(9-23-2)16-15(24)18-17-14(20)12-4-5-13-11(8-12)6-7-19(13)25(3,21)22/h4-5,8,10H,6-7,9H2,1-3H3,(H,17,20)(H2,16,18,24)/t10-/m1/s1. The molecule has 0 aromatic heterocycles. The summed E-state index contributed by atoms with van der Waals surface area (Å²) in [6.45, 7) is 2.77. The molecular weight excluding hydrogens is 364 g/mol. The van der Waals surface area contributed by atoms with Crippen molar-refractivity contribution in [1.29, 1.82) is 0 Å². The Morgan fingerprint density at radius 2 is 2.12 bits per heavy atom. The van der Waals surface area contributed by atoms with Crippen LogP contribution in [-0.4, -0.2) is 52.0 Å². The molecule has 0 fully saturated rings. The summed E-state index contributed by atoms with van der Waals surface area (Å²) in [4.78, 5) is 12.2. The number of thiocarbonyl (C=S) groups is 1. The highest BCUT2D eigenvalue weighted by molar-refractivity contribution is 7.92. The highest BCUT2D eigenvalue weighted by atomic mass is 32.2. The largest absolute Gasteiger partial charge is 0.383 e. The number of fused-ring (bicyclic) bond motifs is 1. The van der Waals surface area contributed by atoms with Crippen molar-refractivity contribution in [2.24, 2.45) is 0 Å². The fourth-order valence-corrected chi connectivity index (χ4v) is 3.81. The second kappa shape index (κ2) is 7.98. The monoisotopic (exact) mass is 386 g/mol. The minimum Gasteiger partial charge on any atom is -0.383 e. The van der Waals surface area contributed by atoms with Crippen molar-refractivity contribution >= 4 is 38.9 Å². The van der Waals surface area contributed by atoms with Crippen LogP contribution in [0.4, 0.5) is 5.69 Å². The topological polar surface area (TPSA) is 99.8 Å². The maximum absolute atomic E-state index is 12.2. The van der Waals surface area contributed by atoms with Gasteiger partial charge in [-0.2, -0.15) is 0 Å². The number of benzene rings is 1. The van der Waals surface area contributed by atoms with Crippen molar-refractivity contribution < 1.29 is 17.9 Å². The molecule has 25 heavy (non-hydrogen) atoms. The van der Waals surface area contributed by atoms with Gasteiger partial charge in [-0.15, -0.1) is 0 Å². The molecule has 2 rings (SSSR count). The lowest BCUT2D eigenvalue weighted by molar-refractivity contribution is 0.0943. The number of nitrogens with one attached hydrogen (secondary N) is 3. The van der Waals surface area contributed by atoms with Crippen LogP contribution >= 0.6 is 12.2 Å². The van der Waals surface area contributed by atoms with Gasteiger partial charge >= 0.3 is 0 Å². The number of rotatable bonds is 5. The molecule has 0 saturated carbocycles. The van der Waals surface area contributed by atoms with Gasteiger partial charge in [-0.1, -0.05) is 0 Å². The normalized spacial score (nSPS) is 14.6. The zero-order valence-corrected chi connectivity index (χ0v) is 16.0. The van der Waals surface area contributed by atoms with Crippen LogP contribution in [0.2, 0.25) is 0 Å². The highest BCUT2D eigenvalue weighted by Crippen LogP contribution is 2.30. The van der Waals surface area contributed by atoms with E-state index >= 15 is 0 Å². The highest BCUT2D eigenvalue weighted by Gasteiger charge is 2.26. The van der Waals surface area contributed by atoms with Crippen LogP contribution in [0.5, 0.6) is 0 Å². The molecular formula is C15H22N4O4S2. The van der Waals surface area contributed by atoms with E-state index in [0.29, 0.717) is 30.8 Å². The third kappa shape index (κ3) is 5.03. The molecule has 0 spiro atoms. The van der Waals surface area contributed by atoms with Crippen molar-refractivity contribution in [3.8, 4) is 0 Å². The molecule has 3 N–H and O–H groups in total. The average molecular weight is 386 g/mol. The number of ether oxygens (including phenoxy) is 1. The number of sulfonamides is 1. The first-order valence-corrected chi connectivity index (χ1v) is 9.94. The summed E-state index contributed by atoms with van der Waals surface area (Å²) >= 11 is 5.08. The van der Waals surface area contributed by atoms with Gasteiger partial charge in [0.2, 0.25) is 10.0 Å². The minimum absolute atomic E-state index is 0.00359. The number of hydrogen-bond donors (Lipinski definition) is 3. The maximum atomic E-state index is 12.2. The zero-order chi connectivity index (χ0) is 18.6. The van der Waals surface area contributed by atoms with Crippen LogP contribution in [0.25, 0.3) is 0 Å². The van der Waals surface area contributed by atoms with Gasteiger partial charge in [0.25, 0.3) is 5.91 Å². The summed E-state index contributed by atoms with van der Waals surface area (Å²) in [6, 6.07) is 4.93. The SMILES string of the molecule is COC[C@@H](C)NC(=S)NNC(=O)c1ccc2c(c1)CCN2S(C)(=O)=O. The molecule has 138 valence electrons. The van der Waals surface area contributed by atoms with Gasteiger partial charge in [0.05, 0.1) is 18.6 Å². The van der Waals surface area contributed by atoms with Crippen LogP contribution in [0.3, 0.4) is 0 Å². The average Bonchev–Trinajstić information content (AvgIpc) is 2.95. The number of nitrogens with zero attached hydrogens (tertiary/aromatic N) is 1. The molecule has 0 saturated heterocycles. The van der Waals surface area contributed by atoms with Gasteiger partial charge in [0.15, 0.2) is 5.11 Å². The van der Waals surface area contributed by atoms with E-state index in [9.17, 15) is 13.2 Å². The number of hydrazine groups is 1. The lowest BCUT2D eigenvalue weighted by atomic mass is 10.1. The number of carbonyl (C=O) groups excluding carboxylic acids is 1. The molecule has 0 radical (unpaired) electrons. The number of anilines is 1. The van der Waals surface area contributed by atoms with Gasteiger partial charge in [0.1, 0.15) is 0 Å². The summed E-state index contributed by atoms with van der Waals surface area (Å²) < 4.78 is 29.8. The van der Waals surface area contributed by atoms with Crippen molar-refractivity contribution in [2.45, 2.75) is 19.4 Å². The number of carbonyl (C=O) groups is 1. The number of amides is 1. The van der Waals surface area contributed by atoms with Crippen LogP contribution in [-0.2, 0) is 21.2 Å². The van der Waals surface area contributed by atoms with E-state index in [1.54, 1.807) is 25.3 Å². The van der Waals surface area contributed by atoms with E-state index in [1.165, 1.54) is 10.6 Å². The Balaban J connectivity index is 1.97.